The fraction of sp³-hybridized carbons (Fsp3) is 0.261. The van der Waals surface area contributed by atoms with E-state index in [1.165, 1.54) is 11.3 Å². The van der Waals surface area contributed by atoms with Crippen molar-refractivity contribution in [1.29, 1.82) is 0 Å². The Hall–Kier alpha value is -3.37. The number of hydrogen-bond donors (Lipinski definition) is 2. The Bertz CT molecular complexity index is 1310. The minimum absolute atomic E-state index is 0.214. The molecule has 0 saturated carbocycles. The van der Waals surface area contributed by atoms with E-state index in [1.54, 1.807) is 22.7 Å². The number of rotatable bonds is 7. The minimum Gasteiger partial charge on any atom is -0.494 e. The standard InChI is InChI=1S/C23H24N6O2S2/c1-4-5-11-31-18-8-6-7-16(12-18)20(30)25-22(32)24-19-13-17(10-9-14(19)2)21-28-29-15(3)26-27-23(29)33-21/h6-10,12-13H,4-5,11H2,1-3H3,(H2,24,25,30,32). The van der Waals surface area contributed by atoms with Gasteiger partial charge in [0.25, 0.3) is 5.91 Å². The lowest BCUT2D eigenvalue weighted by Gasteiger charge is -2.13. The summed E-state index contributed by atoms with van der Waals surface area (Å²) in [4.78, 5) is 13.4. The highest BCUT2D eigenvalue weighted by Gasteiger charge is 2.13. The molecule has 2 heterocycles. The highest BCUT2D eigenvalue weighted by atomic mass is 32.1. The fourth-order valence-corrected chi connectivity index (χ4v) is 4.20. The maximum atomic E-state index is 12.7. The molecule has 1 amide bonds. The van der Waals surface area contributed by atoms with Gasteiger partial charge in [0.1, 0.15) is 10.8 Å². The molecule has 8 nitrogen and oxygen atoms in total. The van der Waals surface area contributed by atoms with Gasteiger partial charge in [-0.15, -0.1) is 10.2 Å². The number of nitrogens with one attached hydrogen (secondary N) is 2. The maximum absolute atomic E-state index is 12.7. The molecule has 0 aliphatic heterocycles. The van der Waals surface area contributed by atoms with Crippen LogP contribution >= 0.6 is 23.6 Å². The Morgan fingerprint density at radius 3 is 2.82 bits per heavy atom. The predicted octanol–water partition coefficient (Wildman–Crippen LogP) is 4.78. The third-order valence-corrected chi connectivity index (χ3v) is 6.12. The number of nitrogens with zero attached hydrogens (tertiary/aromatic N) is 4. The van der Waals surface area contributed by atoms with Crippen LogP contribution in [0, 0.1) is 13.8 Å². The van der Waals surface area contributed by atoms with Crippen molar-refractivity contribution in [3.05, 3.63) is 59.4 Å². The van der Waals surface area contributed by atoms with Crippen LogP contribution in [-0.4, -0.2) is 37.4 Å². The van der Waals surface area contributed by atoms with Crippen molar-refractivity contribution in [2.45, 2.75) is 33.6 Å². The van der Waals surface area contributed by atoms with Crippen molar-refractivity contribution >= 4 is 45.2 Å². The van der Waals surface area contributed by atoms with Gasteiger partial charge in [0.15, 0.2) is 10.9 Å². The summed E-state index contributed by atoms with van der Waals surface area (Å²) in [5.41, 5.74) is 3.18. The zero-order chi connectivity index (χ0) is 23.4. The average Bonchev–Trinajstić information content (AvgIpc) is 3.38. The molecule has 10 heteroatoms. The highest BCUT2D eigenvalue weighted by molar-refractivity contribution is 7.80. The molecule has 0 saturated heterocycles. The number of carbonyl (C=O) groups is 1. The summed E-state index contributed by atoms with van der Waals surface area (Å²) in [6, 6.07) is 13.0. The number of unbranched alkanes of at least 4 members (excludes halogenated alkanes) is 1. The minimum atomic E-state index is -0.300. The monoisotopic (exact) mass is 480 g/mol. The number of carbonyl (C=O) groups excluding carboxylic acids is 1. The van der Waals surface area contributed by atoms with Crippen LogP contribution in [0.2, 0.25) is 0 Å². The molecule has 0 unspecified atom stereocenters. The molecule has 4 rings (SSSR count). The number of aryl methyl sites for hydroxylation is 2. The molecule has 2 N–H and O–H groups in total. The van der Waals surface area contributed by atoms with Gasteiger partial charge >= 0.3 is 0 Å². The topological polar surface area (TPSA) is 93.4 Å². The van der Waals surface area contributed by atoms with Crippen LogP contribution in [-0.2, 0) is 0 Å². The van der Waals surface area contributed by atoms with Crippen LogP contribution in [0.3, 0.4) is 0 Å². The third kappa shape index (κ3) is 5.35. The van der Waals surface area contributed by atoms with E-state index in [0.29, 0.717) is 17.9 Å². The third-order valence-electron chi connectivity index (χ3n) is 4.97. The lowest BCUT2D eigenvalue weighted by Crippen LogP contribution is -2.34. The maximum Gasteiger partial charge on any atom is 0.257 e. The lowest BCUT2D eigenvalue weighted by molar-refractivity contribution is 0.0977. The fourth-order valence-electron chi connectivity index (χ4n) is 3.11. The number of aromatic nitrogens is 4. The van der Waals surface area contributed by atoms with E-state index in [1.807, 2.05) is 38.1 Å². The van der Waals surface area contributed by atoms with Gasteiger partial charge in [-0.05, 0) is 62.3 Å². The molecule has 0 fully saturated rings. The second kappa shape index (κ2) is 10.1. The SMILES string of the molecule is CCCCOc1cccc(C(=O)NC(=S)Nc2cc(-c3nn4c(C)nnc4s3)ccc2C)c1. The average molecular weight is 481 g/mol. The molecular weight excluding hydrogens is 456 g/mol. The Morgan fingerprint density at radius 1 is 1.18 bits per heavy atom. The number of amides is 1. The number of ether oxygens (including phenoxy) is 1. The van der Waals surface area contributed by atoms with Crippen LogP contribution in [0.1, 0.15) is 41.5 Å². The van der Waals surface area contributed by atoms with Crippen LogP contribution in [0.25, 0.3) is 15.5 Å². The molecule has 0 aliphatic rings. The summed E-state index contributed by atoms with van der Waals surface area (Å²) >= 11 is 6.85. The van der Waals surface area contributed by atoms with E-state index in [0.717, 1.165) is 45.4 Å². The number of anilines is 1. The van der Waals surface area contributed by atoms with Gasteiger partial charge in [-0.3, -0.25) is 10.1 Å². The van der Waals surface area contributed by atoms with Crippen molar-refractivity contribution in [2.75, 3.05) is 11.9 Å². The van der Waals surface area contributed by atoms with Crippen molar-refractivity contribution < 1.29 is 9.53 Å². The van der Waals surface area contributed by atoms with Gasteiger partial charge in [-0.25, -0.2) is 0 Å². The van der Waals surface area contributed by atoms with E-state index >= 15 is 0 Å². The zero-order valence-corrected chi connectivity index (χ0v) is 20.2. The summed E-state index contributed by atoms with van der Waals surface area (Å²) < 4.78 is 7.41. The highest BCUT2D eigenvalue weighted by Crippen LogP contribution is 2.29. The van der Waals surface area contributed by atoms with E-state index in [-0.39, 0.29) is 11.0 Å². The largest absolute Gasteiger partial charge is 0.494 e. The van der Waals surface area contributed by atoms with Crippen LogP contribution in [0.5, 0.6) is 5.75 Å². The first kappa shape index (κ1) is 22.8. The van der Waals surface area contributed by atoms with Crippen molar-refractivity contribution in [1.82, 2.24) is 25.1 Å². The molecule has 0 bridgehead atoms. The first-order valence-electron chi connectivity index (χ1n) is 10.6. The molecule has 0 spiro atoms. The van der Waals surface area contributed by atoms with Gasteiger partial charge in [-0.2, -0.15) is 9.61 Å². The first-order chi connectivity index (χ1) is 15.9. The molecule has 0 radical (unpaired) electrons. The van der Waals surface area contributed by atoms with Crippen molar-refractivity contribution in [3.63, 3.8) is 0 Å². The van der Waals surface area contributed by atoms with E-state index < -0.39 is 0 Å². The van der Waals surface area contributed by atoms with E-state index in [4.69, 9.17) is 17.0 Å². The molecule has 33 heavy (non-hydrogen) atoms. The van der Waals surface area contributed by atoms with Gasteiger partial charge in [0, 0.05) is 16.8 Å². The Labute approximate surface area is 201 Å². The van der Waals surface area contributed by atoms with Gasteiger partial charge in [0.2, 0.25) is 4.96 Å². The van der Waals surface area contributed by atoms with Crippen LogP contribution < -0.4 is 15.4 Å². The molecule has 2 aromatic carbocycles. The van der Waals surface area contributed by atoms with Gasteiger partial charge < -0.3 is 10.1 Å². The second-order valence-electron chi connectivity index (χ2n) is 7.52. The number of benzene rings is 2. The summed E-state index contributed by atoms with van der Waals surface area (Å²) in [6.45, 7) is 6.56. The Balaban J connectivity index is 1.44. The quantitative estimate of drug-likeness (QED) is 0.291. The summed E-state index contributed by atoms with van der Waals surface area (Å²) in [6.07, 6.45) is 2.01. The van der Waals surface area contributed by atoms with Crippen LogP contribution in [0.4, 0.5) is 5.69 Å². The molecule has 0 aliphatic carbocycles. The Kier molecular flexibility index (Phi) is 6.95. The van der Waals surface area contributed by atoms with E-state index in [9.17, 15) is 4.79 Å². The summed E-state index contributed by atoms with van der Waals surface area (Å²) in [7, 11) is 0. The Morgan fingerprint density at radius 2 is 2.03 bits per heavy atom. The molecular formula is C23H24N6O2S2. The van der Waals surface area contributed by atoms with Crippen LogP contribution in [0.15, 0.2) is 42.5 Å². The lowest BCUT2D eigenvalue weighted by atomic mass is 10.1. The normalized spacial score (nSPS) is 10.9. The molecule has 0 atom stereocenters. The summed E-state index contributed by atoms with van der Waals surface area (Å²) in [5.74, 6) is 1.10. The van der Waals surface area contributed by atoms with Gasteiger partial charge in [-0.1, -0.05) is 42.9 Å². The molecule has 170 valence electrons. The number of fused-ring (bicyclic) bond motifs is 1. The number of thiocarbonyl (C=S) groups is 1. The predicted molar refractivity (Wildman–Crippen MR) is 134 cm³/mol. The smallest absolute Gasteiger partial charge is 0.257 e. The zero-order valence-electron chi connectivity index (χ0n) is 18.6. The first-order valence-corrected chi connectivity index (χ1v) is 11.8. The second-order valence-corrected chi connectivity index (χ2v) is 8.88. The summed E-state index contributed by atoms with van der Waals surface area (Å²) in [5, 5.41) is 19.6. The molecule has 2 aromatic heterocycles. The van der Waals surface area contributed by atoms with Gasteiger partial charge in [0.05, 0.1) is 6.61 Å². The number of hydrogen-bond acceptors (Lipinski definition) is 7. The van der Waals surface area contributed by atoms with E-state index in [2.05, 4.69) is 32.9 Å². The molecule has 4 aromatic rings. The van der Waals surface area contributed by atoms with Crippen molar-refractivity contribution in [3.8, 4) is 16.3 Å². The van der Waals surface area contributed by atoms with Crippen molar-refractivity contribution in [2.24, 2.45) is 0 Å².